The maximum absolute atomic E-state index is 12.3. The van der Waals surface area contributed by atoms with Crippen LogP contribution in [0.5, 0.6) is 0 Å². The number of aromatic nitrogens is 1. The third-order valence-electron chi connectivity index (χ3n) is 6.92. The summed E-state index contributed by atoms with van der Waals surface area (Å²) >= 11 is 1.73. The highest BCUT2D eigenvalue weighted by Crippen LogP contribution is 2.48. The van der Waals surface area contributed by atoms with Crippen molar-refractivity contribution in [2.24, 2.45) is 0 Å². The predicted molar refractivity (Wildman–Crippen MR) is 129 cm³/mol. The van der Waals surface area contributed by atoms with Gasteiger partial charge in [-0.05, 0) is 66.3 Å². The fourth-order valence-electron chi connectivity index (χ4n) is 5.44. The first-order valence-electron chi connectivity index (χ1n) is 11.2. The number of aliphatic carboxylic acids is 1. The molecule has 1 saturated heterocycles. The molecule has 4 aromatic rings. The first-order chi connectivity index (χ1) is 15.6. The van der Waals surface area contributed by atoms with Gasteiger partial charge in [0.05, 0.1) is 16.3 Å². The van der Waals surface area contributed by atoms with Gasteiger partial charge in [0.15, 0.2) is 0 Å². The average molecular weight is 441 g/mol. The van der Waals surface area contributed by atoms with Gasteiger partial charge in [0.1, 0.15) is 11.0 Å². The summed E-state index contributed by atoms with van der Waals surface area (Å²) in [6, 6.07) is 20.8. The zero-order chi connectivity index (χ0) is 21.8. The number of fused-ring (bicyclic) bond motifs is 4. The Morgan fingerprint density at radius 2 is 1.94 bits per heavy atom. The Kier molecular flexibility index (Phi) is 4.63. The van der Waals surface area contributed by atoms with E-state index in [2.05, 4.69) is 66.4 Å². The van der Waals surface area contributed by atoms with Crippen molar-refractivity contribution in [1.82, 2.24) is 9.88 Å². The highest BCUT2D eigenvalue weighted by atomic mass is 32.1. The van der Waals surface area contributed by atoms with Crippen molar-refractivity contribution in [3.8, 4) is 21.7 Å². The molecule has 3 heterocycles. The number of aryl methyl sites for hydroxylation is 1. The molecule has 3 aromatic carbocycles. The number of nitrogens with zero attached hydrogens (tertiary/aromatic N) is 2. The summed E-state index contributed by atoms with van der Waals surface area (Å²) in [6.45, 7) is 2.93. The van der Waals surface area contributed by atoms with E-state index in [4.69, 9.17) is 4.98 Å². The molecular formula is C27H24N2O2S. The zero-order valence-corrected chi connectivity index (χ0v) is 18.7. The second-order valence-electron chi connectivity index (χ2n) is 8.82. The number of carboxylic acid groups (broad SMARTS) is 1. The maximum atomic E-state index is 12.3. The number of carbonyl (C=O) groups is 1. The molecule has 5 heteroatoms. The molecule has 32 heavy (non-hydrogen) atoms. The number of rotatable bonds is 3. The minimum Gasteiger partial charge on any atom is -0.480 e. The lowest BCUT2D eigenvalue weighted by atomic mass is 9.83. The van der Waals surface area contributed by atoms with Crippen LogP contribution in [0.4, 0.5) is 0 Å². The van der Waals surface area contributed by atoms with Gasteiger partial charge < -0.3 is 5.11 Å². The van der Waals surface area contributed by atoms with Crippen LogP contribution >= 0.6 is 11.3 Å². The van der Waals surface area contributed by atoms with Crippen molar-refractivity contribution in [2.45, 2.75) is 38.3 Å². The van der Waals surface area contributed by atoms with Crippen LogP contribution in [0, 0.1) is 6.92 Å². The van der Waals surface area contributed by atoms with Crippen LogP contribution in [0.3, 0.4) is 0 Å². The average Bonchev–Trinajstić information content (AvgIpc) is 3.26. The van der Waals surface area contributed by atoms with Gasteiger partial charge in [-0.1, -0.05) is 55.0 Å². The minimum atomic E-state index is -0.722. The largest absolute Gasteiger partial charge is 0.480 e. The molecule has 1 aromatic heterocycles. The fraction of sp³-hybridized carbons (Fsp3) is 0.259. The van der Waals surface area contributed by atoms with Gasteiger partial charge in [0.2, 0.25) is 0 Å². The number of carboxylic acids is 1. The SMILES string of the molecule is Cc1ccc(-c2ccccc2)c2c1[C@@H](N1CCCCC1C(=O)O)c1ccc3sc-2nc3c1. The molecule has 0 aliphatic carbocycles. The molecule has 0 amide bonds. The van der Waals surface area contributed by atoms with Gasteiger partial charge in [-0.15, -0.1) is 11.3 Å². The lowest BCUT2D eigenvalue weighted by molar-refractivity contribution is -0.145. The number of hydrogen-bond donors (Lipinski definition) is 1. The number of likely N-dealkylation sites (tertiary alicyclic amines) is 1. The predicted octanol–water partition coefficient (Wildman–Crippen LogP) is 6.28. The summed E-state index contributed by atoms with van der Waals surface area (Å²) in [5.74, 6) is -0.722. The van der Waals surface area contributed by atoms with E-state index in [0.29, 0.717) is 6.42 Å². The lowest BCUT2D eigenvalue weighted by Crippen LogP contribution is -2.47. The molecule has 1 N–H and O–H groups in total. The zero-order valence-electron chi connectivity index (χ0n) is 17.9. The van der Waals surface area contributed by atoms with E-state index in [-0.39, 0.29) is 6.04 Å². The Morgan fingerprint density at radius 1 is 1.09 bits per heavy atom. The van der Waals surface area contributed by atoms with Crippen LogP contribution in [0.15, 0.2) is 60.7 Å². The molecule has 1 unspecified atom stereocenters. The van der Waals surface area contributed by atoms with Gasteiger partial charge >= 0.3 is 5.97 Å². The Labute approximate surface area is 191 Å². The standard InChI is InChI=1S/C27H24N2O2S/c1-16-10-12-19(17-7-3-2-4-8-17)24-23(16)25(29-14-6-5-9-21(29)27(30)31)18-11-13-22-20(15-18)28-26(24)32-22/h2-4,7-8,10-13,15,21,25H,5-6,9,14H2,1H3,(H,30,31)/t21?,25-/m0/s1. The van der Waals surface area contributed by atoms with Gasteiger partial charge in [-0.25, -0.2) is 4.98 Å². The second kappa shape index (κ2) is 7.54. The molecule has 2 aliphatic heterocycles. The number of piperidine rings is 1. The summed E-state index contributed by atoms with van der Waals surface area (Å²) in [5, 5.41) is 11.1. The maximum Gasteiger partial charge on any atom is 0.320 e. The summed E-state index contributed by atoms with van der Waals surface area (Å²) in [4.78, 5) is 19.5. The van der Waals surface area contributed by atoms with E-state index in [0.717, 1.165) is 52.2 Å². The first kappa shape index (κ1) is 19.6. The summed E-state index contributed by atoms with van der Waals surface area (Å²) in [5.41, 5.74) is 7.99. The highest BCUT2D eigenvalue weighted by Gasteiger charge is 2.38. The van der Waals surface area contributed by atoms with Crippen LogP contribution in [0.25, 0.3) is 31.9 Å². The van der Waals surface area contributed by atoms with Crippen LogP contribution in [0.1, 0.15) is 42.0 Å². The number of benzene rings is 3. The van der Waals surface area contributed by atoms with Crippen molar-refractivity contribution in [2.75, 3.05) is 6.54 Å². The Morgan fingerprint density at radius 3 is 2.75 bits per heavy atom. The second-order valence-corrected chi connectivity index (χ2v) is 9.85. The third-order valence-corrected chi connectivity index (χ3v) is 7.98. The molecule has 2 atom stereocenters. The smallest absolute Gasteiger partial charge is 0.320 e. The molecule has 160 valence electrons. The molecule has 1 fully saturated rings. The van der Waals surface area contributed by atoms with Crippen LogP contribution < -0.4 is 0 Å². The molecule has 4 nitrogen and oxygen atoms in total. The summed E-state index contributed by atoms with van der Waals surface area (Å²) < 4.78 is 1.17. The van der Waals surface area contributed by atoms with E-state index in [1.807, 2.05) is 6.07 Å². The van der Waals surface area contributed by atoms with E-state index in [1.54, 1.807) is 11.3 Å². The van der Waals surface area contributed by atoms with Crippen molar-refractivity contribution in [1.29, 1.82) is 0 Å². The van der Waals surface area contributed by atoms with E-state index in [9.17, 15) is 9.90 Å². The quantitative estimate of drug-likeness (QED) is 0.407. The van der Waals surface area contributed by atoms with Gasteiger partial charge in [-0.3, -0.25) is 9.69 Å². The number of hydrogen-bond acceptors (Lipinski definition) is 4. The Balaban J connectivity index is 1.68. The molecular weight excluding hydrogens is 416 g/mol. The normalized spacial score (nSPS) is 20.3. The van der Waals surface area contributed by atoms with Crippen molar-refractivity contribution >= 4 is 27.5 Å². The summed E-state index contributed by atoms with van der Waals surface area (Å²) in [7, 11) is 0. The highest BCUT2D eigenvalue weighted by molar-refractivity contribution is 7.21. The molecule has 3 bridgehead atoms. The van der Waals surface area contributed by atoms with E-state index >= 15 is 0 Å². The minimum absolute atomic E-state index is 0.105. The van der Waals surface area contributed by atoms with Crippen LogP contribution in [0.2, 0.25) is 0 Å². The van der Waals surface area contributed by atoms with Crippen molar-refractivity contribution in [3.05, 3.63) is 77.4 Å². The molecule has 0 saturated carbocycles. The molecule has 0 spiro atoms. The fourth-order valence-corrected chi connectivity index (χ4v) is 6.46. The van der Waals surface area contributed by atoms with Crippen molar-refractivity contribution < 1.29 is 9.90 Å². The molecule has 2 aliphatic rings. The van der Waals surface area contributed by atoms with E-state index in [1.165, 1.54) is 15.8 Å². The third kappa shape index (κ3) is 2.99. The topological polar surface area (TPSA) is 53.4 Å². The molecule has 6 rings (SSSR count). The van der Waals surface area contributed by atoms with Gasteiger partial charge in [0.25, 0.3) is 0 Å². The monoisotopic (exact) mass is 440 g/mol. The Hall–Kier alpha value is -3.02. The van der Waals surface area contributed by atoms with Gasteiger partial charge in [0, 0.05) is 5.56 Å². The Bertz CT molecular complexity index is 1340. The number of thiazole rings is 1. The van der Waals surface area contributed by atoms with Crippen LogP contribution in [-0.2, 0) is 4.79 Å². The van der Waals surface area contributed by atoms with E-state index < -0.39 is 12.0 Å². The van der Waals surface area contributed by atoms with Crippen molar-refractivity contribution in [3.63, 3.8) is 0 Å². The summed E-state index contributed by atoms with van der Waals surface area (Å²) in [6.07, 6.45) is 2.68. The molecule has 0 radical (unpaired) electrons. The lowest BCUT2D eigenvalue weighted by Gasteiger charge is -2.41. The van der Waals surface area contributed by atoms with Crippen LogP contribution in [-0.4, -0.2) is 33.5 Å². The van der Waals surface area contributed by atoms with Gasteiger partial charge in [-0.2, -0.15) is 0 Å². The first-order valence-corrected chi connectivity index (χ1v) is 12.0.